The van der Waals surface area contributed by atoms with E-state index in [4.69, 9.17) is 4.74 Å². The number of halogens is 1. The summed E-state index contributed by atoms with van der Waals surface area (Å²) in [4.78, 5) is 11.8. The molecule has 0 aliphatic heterocycles. The van der Waals surface area contributed by atoms with Gasteiger partial charge in [0, 0.05) is 0 Å². The van der Waals surface area contributed by atoms with Crippen molar-refractivity contribution in [3.05, 3.63) is 59.4 Å². The molecule has 0 atom stereocenters. The van der Waals surface area contributed by atoms with Crippen molar-refractivity contribution < 1.29 is 13.9 Å². The van der Waals surface area contributed by atoms with E-state index in [9.17, 15) is 9.18 Å². The van der Waals surface area contributed by atoms with E-state index >= 15 is 0 Å². The lowest BCUT2D eigenvalue weighted by molar-refractivity contribution is 0.0601. The normalized spacial score (nSPS) is 14.1. The van der Waals surface area contributed by atoms with Gasteiger partial charge < -0.3 is 4.74 Å². The van der Waals surface area contributed by atoms with Gasteiger partial charge in [0.1, 0.15) is 5.82 Å². The van der Waals surface area contributed by atoms with Crippen molar-refractivity contribution in [2.45, 2.75) is 18.8 Å². The molecule has 0 N–H and O–H groups in total. The van der Waals surface area contributed by atoms with Gasteiger partial charge in [0.15, 0.2) is 0 Å². The molecular weight excluding hydrogens is 255 g/mol. The number of hydrogen-bond donors (Lipinski definition) is 0. The molecule has 0 heterocycles. The summed E-state index contributed by atoms with van der Waals surface area (Å²) in [5.41, 5.74) is 3.09. The Morgan fingerprint density at radius 1 is 1.15 bits per heavy atom. The third kappa shape index (κ3) is 2.44. The fourth-order valence-electron chi connectivity index (χ4n) is 2.39. The highest BCUT2D eigenvalue weighted by atomic mass is 19.1. The molecule has 20 heavy (non-hydrogen) atoms. The fourth-order valence-corrected chi connectivity index (χ4v) is 2.39. The average molecular weight is 270 g/mol. The second kappa shape index (κ2) is 5.08. The minimum absolute atomic E-state index is 0.362. The van der Waals surface area contributed by atoms with Gasteiger partial charge in [-0.3, -0.25) is 0 Å². The third-order valence-electron chi connectivity index (χ3n) is 3.66. The van der Waals surface area contributed by atoms with Gasteiger partial charge in [0.25, 0.3) is 0 Å². The minimum Gasteiger partial charge on any atom is -0.465 e. The van der Waals surface area contributed by atoms with Crippen molar-refractivity contribution >= 4 is 5.97 Å². The summed E-state index contributed by atoms with van der Waals surface area (Å²) in [5.74, 6) is -0.137. The van der Waals surface area contributed by atoms with Crippen LogP contribution in [-0.2, 0) is 4.74 Å². The third-order valence-corrected chi connectivity index (χ3v) is 3.66. The lowest BCUT2D eigenvalue weighted by Crippen LogP contribution is -2.04. The number of esters is 1. The summed E-state index contributed by atoms with van der Waals surface area (Å²) in [6.45, 7) is 0. The number of hydrogen-bond acceptors (Lipinski definition) is 2. The first-order valence-corrected chi connectivity index (χ1v) is 6.67. The summed E-state index contributed by atoms with van der Waals surface area (Å²) in [6, 6.07) is 12.1. The van der Waals surface area contributed by atoms with Crippen LogP contribution in [0, 0.1) is 5.82 Å². The maximum absolute atomic E-state index is 13.5. The monoisotopic (exact) mass is 270 g/mol. The first-order valence-electron chi connectivity index (χ1n) is 6.67. The molecule has 1 saturated carbocycles. The quantitative estimate of drug-likeness (QED) is 0.783. The number of methoxy groups -OCH3 is 1. The standard InChI is InChI=1S/C17H15FO2/c1-20-17(19)15-9-8-14(18)10-16(15)13-6-4-12(5-7-13)11-2-3-11/h4-11H,2-3H2,1H3. The van der Waals surface area contributed by atoms with E-state index in [2.05, 4.69) is 12.1 Å². The minimum atomic E-state index is -0.453. The first kappa shape index (κ1) is 12.9. The Hall–Kier alpha value is -2.16. The number of benzene rings is 2. The molecular formula is C17H15FO2. The topological polar surface area (TPSA) is 26.3 Å². The molecule has 3 heteroatoms. The summed E-state index contributed by atoms with van der Waals surface area (Å²) >= 11 is 0. The highest BCUT2D eigenvalue weighted by Gasteiger charge is 2.23. The van der Waals surface area contributed by atoms with Crippen LogP contribution in [0.15, 0.2) is 42.5 Å². The zero-order chi connectivity index (χ0) is 14.1. The van der Waals surface area contributed by atoms with Gasteiger partial charge >= 0.3 is 5.97 Å². The van der Waals surface area contributed by atoms with Gasteiger partial charge in [-0.2, -0.15) is 0 Å². The van der Waals surface area contributed by atoms with Crippen LogP contribution in [0.25, 0.3) is 11.1 Å². The highest BCUT2D eigenvalue weighted by molar-refractivity contribution is 5.97. The molecule has 0 bridgehead atoms. The molecule has 2 aromatic carbocycles. The lowest BCUT2D eigenvalue weighted by atomic mass is 9.97. The largest absolute Gasteiger partial charge is 0.465 e. The van der Waals surface area contributed by atoms with Gasteiger partial charge in [-0.05, 0) is 53.6 Å². The number of carbonyl (C=O) groups is 1. The molecule has 2 aromatic rings. The molecule has 1 fully saturated rings. The zero-order valence-corrected chi connectivity index (χ0v) is 11.2. The van der Waals surface area contributed by atoms with Crippen molar-refractivity contribution in [2.24, 2.45) is 0 Å². The number of carbonyl (C=O) groups excluding carboxylic acids is 1. The second-order valence-electron chi connectivity index (χ2n) is 5.08. The van der Waals surface area contributed by atoms with Gasteiger partial charge in [-0.1, -0.05) is 24.3 Å². The molecule has 102 valence electrons. The molecule has 0 spiro atoms. The molecule has 0 radical (unpaired) electrons. The molecule has 0 amide bonds. The Bertz CT molecular complexity index is 643. The summed E-state index contributed by atoms with van der Waals surface area (Å²) in [5, 5.41) is 0. The number of rotatable bonds is 3. The summed E-state index contributed by atoms with van der Waals surface area (Å²) in [6.07, 6.45) is 2.49. The van der Waals surface area contributed by atoms with E-state index in [1.165, 1.54) is 43.7 Å². The average Bonchev–Trinajstić information content (AvgIpc) is 3.31. The maximum Gasteiger partial charge on any atom is 0.338 e. The van der Waals surface area contributed by atoms with E-state index in [1.807, 2.05) is 12.1 Å². The van der Waals surface area contributed by atoms with Crippen LogP contribution >= 0.6 is 0 Å². The van der Waals surface area contributed by atoms with Crippen LogP contribution in [0.2, 0.25) is 0 Å². The van der Waals surface area contributed by atoms with Crippen LogP contribution in [0.5, 0.6) is 0 Å². The molecule has 2 nitrogen and oxygen atoms in total. The van der Waals surface area contributed by atoms with Gasteiger partial charge in [-0.25, -0.2) is 9.18 Å². The van der Waals surface area contributed by atoms with E-state index in [-0.39, 0.29) is 5.82 Å². The molecule has 1 aliphatic rings. The Kier molecular flexibility index (Phi) is 3.26. The first-order chi connectivity index (χ1) is 9.69. The van der Waals surface area contributed by atoms with E-state index in [0.717, 1.165) is 5.56 Å². The van der Waals surface area contributed by atoms with Crippen molar-refractivity contribution in [3.63, 3.8) is 0 Å². The van der Waals surface area contributed by atoms with Crippen LogP contribution < -0.4 is 0 Å². The Morgan fingerprint density at radius 3 is 2.45 bits per heavy atom. The predicted molar refractivity (Wildman–Crippen MR) is 75.2 cm³/mol. The Labute approximate surface area is 117 Å². The van der Waals surface area contributed by atoms with Gasteiger partial charge in [-0.15, -0.1) is 0 Å². The molecule has 3 rings (SSSR count). The van der Waals surface area contributed by atoms with Crippen LogP contribution in [0.4, 0.5) is 4.39 Å². The smallest absolute Gasteiger partial charge is 0.338 e. The van der Waals surface area contributed by atoms with Crippen molar-refractivity contribution in [1.29, 1.82) is 0 Å². The molecule has 0 saturated heterocycles. The van der Waals surface area contributed by atoms with E-state index in [1.54, 1.807) is 0 Å². The SMILES string of the molecule is COC(=O)c1ccc(F)cc1-c1ccc(C2CC2)cc1. The Morgan fingerprint density at radius 2 is 1.85 bits per heavy atom. The van der Waals surface area contributed by atoms with Crippen molar-refractivity contribution in [1.82, 2.24) is 0 Å². The van der Waals surface area contributed by atoms with Crippen molar-refractivity contribution in [3.8, 4) is 11.1 Å². The highest BCUT2D eigenvalue weighted by Crippen LogP contribution is 2.40. The lowest BCUT2D eigenvalue weighted by Gasteiger charge is -2.09. The Balaban J connectivity index is 2.03. The molecule has 0 unspecified atom stereocenters. The molecule has 1 aliphatic carbocycles. The van der Waals surface area contributed by atoms with Crippen LogP contribution in [0.1, 0.15) is 34.7 Å². The van der Waals surface area contributed by atoms with Crippen LogP contribution in [-0.4, -0.2) is 13.1 Å². The summed E-state index contributed by atoms with van der Waals surface area (Å²) in [7, 11) is 1.33. The van der Waals surface area contributed by atoms with Crippen LogP contribution in [0.3, 0.4) is 0 Å². The van der Waals surface area contributed by atoms with Crippen molar-refractivity contribution in [2.75, 3.05) is 7.11 Å². The van der Waals surface area contributed by atoms with E-state index in [0.29, 0.717) is 17.0 Å². The summed E-state index contributed by atoms with van der Waals surface area (Å²) < 4.78 is 18.2. The van der Waals surface area contributed by atoms with Gasteiger partial charge in [0.05, 0.1) is 12.7 Å². The fraction of sp³-hybridized carbons (Fsp3) is 0.235. The molecule has 0 aromatic heterocycles. The van der Waals surface area contributed by atoms with Gasteiger partial charge in [0.2, 0.25) is 0 Å². The predicted octanol–water partition coefficient (Wildman–Crippen LogP) is 4.16. The second-order valence-corrected chi connectivity index (χ2v) is 5.08. The number of ether oxygens (including phenoxy) is 1. The zero-order valence-electron chi connectivity index (χ0n) is 11.2. The maximum atomic E-state index is 13.5. The van der Waals surface area contributed by atoms with E-state index < -0.39 is 5.97 Å².